The molecule has 4 heteroatoms. The standard InChI is InChI=1S/C14H24N4/c1-4-12-6-5-11(2)18(9-12)10-13-7-17-14(15-3)8-16-13/h7-8,11-12H,4-6,9-10H2,1-3H3,(H,15,17). The number of likely N-dealkylation sites (tertiary alicyclic amines) is 1. The van der Waals surface area contributed by atoms with Crippen LogP contribution >= 0.6 is 0 Å². The SMILES string of the molecule is CCC1CCC(C)N(Cc2cnc(NC)cn2)C1. The lowest BCUT2D eigenvalue weighted by molar-refractivity contribution is 0.107. The van der Waals surface area contributed by atoms with E-state index in [2.05, 4.69) is 34.0 Å². The van der Waals surface area contributed by atoms with Gasteiger partial charge in [-0.2, -0.15) is 0 Å². The molecule has 1 aromatic heterocycles. The summed E-state index contributed by atoms with van der Waals surface area (Å²) in [5.41, 5.74) is 1.07. The van der Waals surface area contributed by atoms with Crippen LogP contribution in [0.25, 0.3) is 0 Å². The van der Waals surface area contributed by atoms with Crippen LogP contribution in [0.1, 0.15) is 38.8 Å². The molecule has 0 aliphatic carbocycles. The smallest absolute Gasteiger partial charge is 0.144 e. The van der Waals surface area contributed by atoms with Crippen LogP contribution in [-0.2, 0) is 6.54 Å². The predicted molar refractivity (Wildman–Crippen MR) is 74.5 cm³/mol. The summed E-state index contributed by atoms with van der Waals surface area (Å²) in [6, 6.07) is 0.665. The van der Waals surface area contributed by atoms with Crippen LogP contribution in [0, 0.1) is 5.92 Å². The second-order valence-electron chi connectivity index (χ2n) is 5.27. The summed E-state index contributed by atoms with van der Waals surface area (Å²) in [5.74, 6) is 1.68. The van der Waals surface area contributed by atoms with Crippen LogP contribution in [0.2, 0.25) is 0 Å². The quantitative estimate of drug-likeness (QED) is 0.889. The fourth-order valence-corrected chi connectivity index (χ4v) is 2.59. The van der Waals surface area contributed by atoms with Gasteiger partial charge in [-0.1, -0.05) is 13.3 Å². The summed E-state index contributed by atoms with van der Waals surface area (Å²) in [4.78, 5) is 11.3. The highest BCUT2D eigenvalue weighted by atomic mass is 15.2. The molecule has 1 aliphatic heterocycles. The third-order valence-corrected chi connectivity index (χ3v) is 4.01. The zero-order valence-corrected chi connectivity index (χ0v) is 11.7. The fourth-order valence-electron chi connectivity index (χ4n) is 2.59. The molecule has 1 fully saturated rings. The minimum Gasteiger partial charge on any atom is -0.372 e. The first-order valence-electron chi connectivity index (χ1n) is 6.95. The van der Waals surface area contributed by atoms with Gasteiger partial charge in [0.1, 0.15) is 5.82 Å². The molecular weight excluding hydrogens is 224 g/mol. The van der Waals surface area contributed by atoms with Gasteiger partial charge in [0.25, 0.3) is 0 Å². The molecule has 18 heavy (non-hydrogen) atoms. The molecule has 2 rings (SSSR count). The number of aromatic nitrogens is 2. The Balaban J connectivity index is 1.97. The van der Waals surface area contributed by atoms with Gasteiger partial charge >= 0.3 is 0 Å². The van der Waals surface area contributed by atoms with Crippen molar-refractivity contribution >= 4 is 5.82 Å². The third kappa shape index (κ3) is 3.19. The first-order chi connectivity index (χ1) is 8.72. The molecule has 0 amide bonds. The van der Waals surface area contributed by atoms with E-state index in [1.807, 2.05) is 13.2 Å². The van der Waals surface area contributed by atoms with E-state index < -0.39 is 0 Å². The van der Waals surface area contributed by atoms with Crippen molar-refractivity contribution in [2.75, 3.05) is 18.9 Å². The van der Waals surface area contributed by atoms with Crippen molar-refractivity contribution < 1.29 is 0 Å². The lowest BCUT2D eigenvalue weighted by Gasteiger charge is -2.37. The van der Waals surface area contributed by atoms with E-state index in [4.69, 9.17) is 0 Å². The third-order valence-electron chi connectivity index (χ3n) is 4.01. The minimum atomic E-state index is 0.665. The first-order valence-corrected chi connectivity index (χ1v) is 6.95. The van der Waals surface area contributed by atoms with E-state index in [-0.39, 0.29) is 0 Å². The summed E-state index contributed by atoms with van der Waals surface area (Å²) in [7, 11) is 1.86. The molecule has 0 bridgehead atoms. The van der Waals surface area contributed by atoms with E-state index in [0.717, 1.165) is 24.0 Å². The summed E-state index contributed by atoms with van der Waals surface area (Å²) in [6.45, 7) is 6.74. The van der Waals surface area contributed by atoms with Gasteiger partial charge in [0.15, 0.2) is 0 Å². The minimum absolute atomic E-state index is 0.665. The number of nitrogens with zero attached hydrogens (tertiary/aromatic N) is 3. The summed E-state index contributed by atoms with van der Waals surface area (Å²) >= 11 is 0. The average Bonchev–Trinajstić information content (AvgIpc) is 2.42. The van der Waals surface area contributed by atoms with Crippen LogP contribution in [0.15, 0.2) is 12.4 Å². The molecule has 1 saturated heterocycles. The van der Waals surface area contributed by atoms with Crippen LogP contribution in [0.4, 0.5) is 5.82 Å². The van der Waals surface area contributed by atoms with Gasteiger partial charge in [-0.25, -0.2) is 4.98 Å². The van der Waals surface area contributed by atoms with E-state index in [1.54, 1.807) is 6.20 Å². The predicted octanol–water partition coefficient (Wildman–Crippen LogP) is 2.53. The van der Waals surface area contributed by atoms with Crippen molar-refractivity contribution in [2.45, 2.75) is 45.7 Å². The molecule has 2 unspecified atom stereocenters. The largest absolute Gasteiger partial charge is 0.372 e. The average molecular weight is 248 g/mol. The maximum absolute atomic E-state index is 4.46. The van der Waals surface area contributed by atoms with Gasteiger partial charge < -0.3 is 5.32 Å². The Morgan fingerprint density at radius 3 is 2.78 bits per heavy atom. The Hall–Kier alpha value is -1.16. The molecule has 2 atom stereocenters. The van der Waals surface area contributed by atoms with Crippen LogP contribution in [0.3, 0.4) is 0 Å². The number of rotatable bonds is 4. The van der Waals surface area contributed by atoms with Gasteiger partial charge in [0.05, 0.1) is 18.1 Å². The van der Waals surface area contributed by atoms with Gasteiger partial charge in [0.2, 0.25) is 0 Å². The zero-order chi connectivity index (χ0) is 13.0. The normalized spacial score (nSPS) is 25.1. The number of anilines is 1. The summed E-state index contributed by atoms with van der Waals surface area (Å²) in [5, 5.41) is 3.00. The van der Waals surface area contributed by atoms with Crippen LogP contribution in [-0.4, -0.2) is 34.5 Å². The molecule has 4 nitrogen and oxygen atoms in total. The highest BCUT2D eigenvalue weighted by molar-refractivity contribution is 5.29. The molecule has 1 aromatic rings. The van der Waals surface area contributed by atoms with Gasteiger partial charge in [-0.05, 0) is 25.7 Å². The molecule has 0 spiro atoms. The Kier molecular flexibility index (Phi) is 4.53. The number of hydrogen-bond acceptors (Lipinski definition) is 4. The van der Waals surface area contributed by atoms with Gasteiger partial charge in [-0.15, -0.1) is 0 Å². The zero-order valence-electron chi connectivity index (χ0n) is 11.7. The van der Waals surface area contributed by atoms with Crippen LogP contribution < -0.4 is 5.32 Å². The number of piperidine rings is 1. The van der Waals surface area contributed by atoms with E-state index in [9.17, 15) is 0 Å². The van der Waals surface area contributed by atoms with Gasteiger partial charge in [0, 0.05) is 26.2 Å². The second-order valence-corrected chi connectivity index (χ2v) is 5.27. The highest BCUT2D eigenvalue weighted by Crippen LogP contribution is 2.25. The molecule has 1 N–H and O–H groups in total. The highest BCUT2D eigenvalue weighted by Gasteiger charge is 2.24. The lowest BCUT2D eigenvalue weighted by atomic mass is 9.91. The summed E-state index contributed by atoms with van der Waals surface area (Å²) in [6.07, 6.45) is 7.65. The van der Waals surface area contributed by atoms with Crippen molar-refractivity contribution in [3.63, 3.8) is 0 Å². The van der Waals surface area contributed by atoms with Crippen LogP contribution in [0.5, 0.6) is 0 Å². The van der Waals surface area contributed by atoms with Crippen molar-refractivity contribution in [3.05, 3.63) is 18.1 Å². The summed E-state index contributed by atoms with van der Waals surface area (Å²) < 4.78 is 0. The maximum Gasteiger partial charge on any atom is 0.144 e. The van der Waals surface area contributed by atoms with Crippen molar-refractivity contribution in [1.29, 1.82) is 0 Å². The second kappa shape index (κ2) is 6.14. The number of hydrogen-bond donors (Lipinski definition) is 1. The Morgan fingerprint density at radius 1 is 1.33 bits per heavy atom. The Labute approximate surface area is 110 Å². The van der Waals surface area contributed by atoms with E-state index in [0.29, 0.717) is 6.04 Å². The molecule has 1 aliphatic rings. The Bertz CT molecular complexity index is 363. The van der Waals surface area contributed by atoms with Gasteiger partial charge in [-0.3, -0.25) is 9.88 Å². The Morgan fingerprint density at radius 2 is 2.17 bits per heavy atom. The topological polar surface area (TPSA) is 41.1 Å². The molecule has 0 radical (unpaired) electrons. The first kappa shape index (κ1) is 13.3. The van der Waals surface area contributed by atoms with Crippen molar-refractivity contribution in [3.8, 4) is 0 Å². The number of nitrogens with one attached hydrogen (secondary N) is 1. The maximum atomic E-state index is 4.46. The monoisotopic (exact) mass is 248 g/mol. The van der Waals surface area contributed by atoms with Crippen molar-refractivity contribution in [2.24, 2.45) is 5.92 Å². The fraction of sp³-hybridized carbons (Fsp3) is 0.714. The molecule has 2 heterocycles. The van der Waals surface area contributed by atoms with E-state index >= 15 is 0 Å². The molecular formula is C14H24N4. The molecule has 0 saturated carbocycles. The van der Waals surface area contributed by atoms with E-state index in [1.165, 1.54) is 25.8 Å². The molecule has 100 valence electrons. The lowest BCUT2D eigenvalue weighted by Crippen LogP contribution is -2.41. The molecule has 0 aromatic carbocycles. The van der Waals surface area contributed by atoms with Crippen molar-refractivity contribution in [1.82, 2.24) is 14.9 Å².